The van der Waals surface area contributed by atoms with Crippen LogP contribution in [0.2, 0.25) is 0 Å². The number of halogens is 3. The van der Waals surface area contributed by atoms with Crippen molar-refractivity contribution in [1.82, 2.24) is 40.0 Å². The second-order valence-electron chi connectivity index (χ2n) is 12.9. The predicted octanol–water partition coefficient (Wildman–Crippen LogP) is 4.39. The second kappa shape index (κ2) is 13.1. The Labute approximate surface area is 259 Å². The van der Waals surface area contributed by atoms with Crippen molar-refractivity contribution in [3.63, 3.8) is 0 Å². The van der Waals surface area contributed by atoms with Crippen molar-refractivity contribution in [3.05, 3.63) is 41.2 Å². The average Bonchev–Trinajstić information content (AvgIpc) is 3.68. The van der Waals surface area contributed by atoms with Crippen LogP contribution < -0.4 is 10.6 Å². The van der Waals surface area contributed by atoms with Crippen LogP contribution in [0.4, 0.5) is 13.2 Å². The number of piperidine rings is 1. The smallest absolute Gasteiger partial charge is 0.381 e. The van der Waals surface area contributed by atoms with E-state index in [0.29, 0.717) is 67.1 Å². The zero-order chi connectivity index (χ0) is 31.7. The molecular formula is C31H41F3N8O3. The number of carbonyl (C=O) groups is 2. The molecule has 11 nitrogen and oxygen atoms in total. The van der Waals surface area contributed by atoms with Crippen molar-refractivity contribution in [3.8, 4) is 0 Å². The van der Waals surface area contributed by atoms with Crippen LogP contribution in [0.3, 0.4) is 0 Å². The Morgan fingerprint density at radius 2 is 1.91 bits per heavy atom. The van der Waals surface area contributed by atoms with E-state index < -0.39 is 30.5 Å². The second-order valence-corrected chi connectivity index (χ2v) is 12.9. The van der Waals surface area contributed by atoms with Crippen LogP contribution in [0.15, 0.2) is 18.5 Å². The first-order chi connectivity index (χ1) is 21.6. The van der Waals surface area contributed by atoms with Crippen molar-refractivity contribution in [2.24, 2.45) is 23.7 Å². The zero-order valence-electron chi connectivity index (χ0n) is 25.7. The molecule has 3 fully saturated rings. The molecule has 0 spiro atoms. The molecule has 1 saturated carbocycles. The molecule has 2 aliphatic heterocycles. The maximum absolute atomic E-state index is 13.6. The van der Waals surface area contributed by atoms with Crippen molar-refractivity contribution in [2.45, 2.75) is 89.9 Å². The summed E-state index contributed by atoms with van der Waals surface area (Å²) in [4.78, 5) is 36.0. The summed E-state index contributed by atoms with van der Waals surface area (Å²) in [6.07, 6.45) is 4.08. The van der Waals surface area contributed by atoms with Crippen LogP contribution >= 0.6 is 0 Å². The Morgan fingerprint density at radius 3 is 2.62 bits per heavy atom. The van der Waals surface area contributed by atoms with Crippen molar-refractivity contribution in [1.29, 1.82) is 0 Å². The van der Waals surface area contributed by atoms with Gasteiger partial charge < -0.3 is 15.4 Å². The van der Waals surface area contributed by atoms with E-state index in [1.165, 1.54) is 0 Å². The first kappa shape index (κ1) is 31.4. The Hall–Kier alpha value is -3.55. The van der Waals surface area contributed by atoms with Gasteiger partial charge in [0.25, 0.3) is 11.7 Å². The third-order valence-electron chi connectivity index (χ3n) is 9.79. The fourth-order valence-electron chi connectivity index (χ4n) is 7.08. The van der Waals surface area contributed by atoms with Gasteiger partial charge in [-0.15, -0.1) is 0 Å². The highest BCUT2D eigenvalue weighted by atomic mass is 19.4. The van der Waals surface area contributed by atoms with E-state index in [1.54, 1.807) is 27.7 Å². The number of fused-ring (bicyclic) bond motifs is 1. The van der Waals surface area contributed by atoms with Gasteiger partial charge in [-0.1, -0.05) is 19.8 Å². The number of imidazole rings is 1. The van der Waals surface area contributed by atoms with Crippen LogP contribution in [0, 0.1) is 23.7 Å². The minimum atomic E-state index is -4.39. The highest BCUT2D eigenvalue weighted by Gasteiger charge is 2.45. The van der Waals surface area contributed by atoms with Gasteiger partial charge in [0.05, 0.1) is 35.2 Å². The lowest BCUT2D eigenvalue weighted by molar-refractivity contribution is -0.183. The molecule has 0 radical (unpaired) electrons. The number of carbonyl (C=O) groups excluding carboxylic acids is 2. The Morgan fingerprint density at radius 1 is 1.16 bits per heavy atom. The first-order valence-corrected chi connectivity index (χ1v) is 16.1. The van der Waals surface area contributed by atoms with Gasteiger partial charge >= 0.3 is 6.18 Å². The molecule has 2 amide bonds. The number of aryl methyl sites for hydroxylation is 1. The molecule has 0 unspecified atom stereocenters. The van der Waals surface area contributed by atoms with Crippen LogP contribution in [0.25, 0.3) is 5.78 Å². The van der Waals surface area contributed by atoms with Gasteiger partial charge in [0.1, 0.15) is 5.69 Å². The highest BCUT2D eigenvalue weighted by molar-refractivity contribution is 5.92. The highest BCUT2D eigenvalue weighted by Crippen LogP contribution is 2.38. The Kier molecular flexibility index (Phi) is 9.12. The SMILES string of the molecule is CCn1nccc1C(=O)N[C@H](c1cn2nc(C[C@H]3C[C@H](C(F)(F)F)CNC3=O)c(C3CCOCC3)nc2n1)C1CCC(C)CC1. The van der Waals surface area contributed by atoms with E-state index in [-0.39, 0.29) is 36.6 Å². The molecule has 244 valence electrons. The summed E-state index contributed by atoms with van der Waals surface area (Å²) in [6.45, 7) is 5.40. The molecule has 5 heterocycles. The first-order valence-electron chi connectivity index (χ1n) is 16.1. The summed E-state index contributed by atoms with van der Waals surface area (Å²) in [5, 5.41) is 14.8. The van der Waals surface area contributed by atoms with Gasteiger partial charge in [-0.2, -0.15) is 23.4 Å². The van der Waals surface area contributed by atoms with E-state index >= 15 is 0 Å². The summed E-state index contributed by atoms with van der Waals surface area (Å²) in [5.74, 6) is -1.99. The molecule has 1 aliphatic carbocycles. The molecule has 3 atom stereocenters. The normalized spacial score (nSPS) is 25.7. The minimum Gasteiger partial charge on any atom is -0.381 e. The van der Waals surface area contributed by atoms with E-state index in [4.69, 9.17) is 19.8 Å². The largest absolute Gasteiger partial charge is 0.393 e. The third-order valence-corrected chi connectivity index (χ3v) is 9.79. The molecule has 2 saturated heterocycles. The van der Waals surface area contributed by atoms with Crippen molar-refractivity contribution in [2.75, 3.05) is 19.8 Å². The van der Waals surface area contributed by atoms with Crippen LogP contribution in [0.5, 0.6) is 0 Å². The van der Waals surface area contributed by atoms with Gasteiger partial charge in [0.2, 0.25) is 5.91 Å². The maximum atomic E-state index is 13.6. The lowest BCUT2D eigenvalue weighted by Crippen LogP contribution is -2.47. The molecule has 2 N–H and O–H groups in total. The van der Waals surface area contributed by atoms with Crippen molar-refractivity contribution >= 4 is 17.6 Å². The number of nitrogens with one attached hydrogen (secondary N) is 2. The van der Waals surface area contributed by atoms with Gasteiger partial charge in [-0.05, 0) is 56.9 Å². The van der Waals surface area contributed by atoms with Gasteiger partial charge in [-0.3, -0.25) is 14.3 Å². The average molecular weight is 631 g/mol. The molecule has 6 rings (SSSR count). The number of aromatic nitrogens is 6. The summed E-state index contributed by atoms with van der Waals surface area (Å²) in [6, 6.07) is 1.31. The molecule has 0 aromatic carbocycles. The number of amides is 2. The lowest BCUT2D eigenvalue weighted by atomic mass is 9.78. The molecule has 3 aromatic heterocycles. The summed E-state index contributed by atoms with van der Waals surface area (Å²) < 4.78 is 49.5. The lowest BCUT2D eigenvalue weighted by Gasteiger charge is -2.32. The number of nitrogens with zero attached hydrogens (tertiary/aromatic N) is 6. The summed E-state index contributed by atoms with van der Waals surface area (Å²) in [7, 11) is 0. The van der Waals surface area contributed by atoms with Crippen molar-refractivity contribution < 1.29 is 27.5 Å². The topological polar surface area (TPSA) is 128 Å². The van der Waals surface area contributed by atoms with E-state index in [9.17, 15) is 22.8 Å². The Balaban J connectivity index is 1.35. The molecule has 45 heavy (non-hydrogen) atoms. The monoisotopic (exact) mass is 630 g/mol. The van der Waals surface area contributed by atoms with E-state index in [1.807, 2.05) is 6.92 Å². The zero-order valence-corrected chi connectivity index (χ0v) is 25.7. The summed E-state index contributed by atoms with van der Waals surface area (Å²) >= 11 is 0. The predicted molar refractivity (Wildman–Crippen MR) is 157 cm³/mol. The van der Waals surface area contributed by atoms with Gasteiger partial charge in [0.15, 0.2) is 0 Å². The number of hydrogen-bond donors (Lipinski definition) is 2. The Bertz CT molecular complexity index is 1510. The fraction of sp³-hybridized carbons (Fsp3) is 0.677. The number of alkyl halides is 3. The van der Waals surface area contributed by atoms with Gasteiger partial charge in [0, 0.05) is 50.8 Å². The number of hydrogen-bond acceptors (Lipinski definition) is 7. The molecule has 3 aliphatic rings. The quantitative estimate of drug-likeness (QED) is 0.378. The third kappa shape index (κ3) is 6.85. The fourth-order valence-corrected chi connectivity index (χ4v) is 7.08. The molecular weight excluding hydrogens is 589 g/mol. The van der Waals surface area contributed by atoms with E-state index in [0.717, 1.165) is 25.7 Å². The molecule has 0 bridgehead atoms. The van der Waals surface area contributed by atoms with Crippen LogP contribution in [-0.4, -0.2) is 67.1 Å². The van der Waals surface area contributed by atoms with Gasteiger partial charge in [-0.25, -0.2) is 14.5 Å². The van der Waals surface area contributed by atoms with Crippen LogP contribution in [0.1, 0.15) is 98.3 Å². The maximum Gasteiger partial charge on any atom is 0.393 e. The molecule has 14 heteroatoms. The standard InChI is InChI=1S/C31H41F3N8O3/c1-3-41-25(8-11-36-41)29(44)38-27(19-6-4-18(2)5-7-19)24-17-42-30(37-24)39-26(20-9-12-45-13-10-20)23(40-42)15-21-14-22(31(32,33)34)16-35-28(21)43/h8,11,17-22,27H,3-7,9-10,12-16H2,1-2H3,(H,35,43)(H,38,44)/t18?,19?,21-,22+,27+/m1/s1. The summed E-state index contributed by atoms with van der Waals surface area (Å²) in [5.41, 5.74) is 2.26. The van der Waals surface area contributed by atoms with Crippen LogP contribution in [-0.2, 0) is 22.5 Å². The van der Waals surface area contributed by atoms with E-state index in [2.05, 4.69) is 22.7 Å². The number of rotatable bonds is 8. The number of ether oxygens (including phenoxy) is 1. The minimum absolute atomic E-state index is 0.0128. The molecule has 3 aromatic rings.